The Bertz CT molecular complexity index is 537. The van der Waals surface area contributed by atoms with Crippen molar-refractivity contribution < 1.29 is 22.7 Å². The summed E-state index contributed by atoms with van der Waals surface area (Å²) in [7, 11) is 0. The number of nitrogens with zero attached hydrogens (tertiary/aromatic N) is 1. The van der Waals surface area contributed by atoms with Crippen LogP contribution in [0.2, 0.25) is 0 Å². The van der Waals surface area contributed by atoms with Crippen molar-refractivity contribution in [2.24, 2.45) is 0 Å². The van der Waals surface area contributed by atoms with Gasteiger partial charge in [0.25, 0.3) is 0 Å². The Morgan fingerprint density at radius 1 is 1.43 bits per heavy atom. The quantitative estimate of drug-likeness (QED) is 0.791. The second-order valence-electron chi connectivity index (χ2n) is 4.46. The number of carbonyl (C=O) groups is 1. The Labute approximate surface area is 119 Å². The molecule has 0 aliphatic heterocycles. The van der Waals surface area contributed by atoms with Crippen LogP contribution in [0.5, 0.6) is 5.88 Å². The van der Waals surface area contributed by atoms with Crippen LogP contribution < -0.4 is 15.4 Å². The van der Waals surface area contributed by atoms with E-state index in [-0.39, 0.29) is 12.4 Å². The fraction of sp³-hybridized carbons (Fsp3) is 0.385. The molecule has 1 aliphatic rings. The number of alkyl halides is 3. The number of pyridine rings is 1. The molecule has 0 saturated heterocycles. The fourth-order valence-corrected chi connectivity index (χ4v) is 1.76. The smallest absolute Gasteiger partial charge is 0.388 e. The highest BCUT2D eigenvalue weighted by Gasteiger charge is 2.17. The molecule has 0 fully saturated rings. The molecule has 0 aromatic carbocycles. The topological polar surface area (TPSA) is 63.2 Å². The lowest BCUT2D eigenvalue weighted by molar-refractivity contribution is -0.0529. The van der Waals surface area contributed by atoms with Gasteiger partial charge in [-0.05, 0) is 23.3 Å². The first-order chi connectivity index (χ1) is 10.0. The summed E-state index contributed by atoms with van der Waals surface area (Å²) in [6.45, 7) is -2.51. The van der Waals surface area contributed by atoms with Crippen LogP contribution in [0.25, 0.3) is 0 Å². The summed E-state index contributed by atoms with van der Waals surface area (Å²) in [5, 5.41) is 5.12. The van der Waals surface area contributed by atoms with Crippen LogP contribution in [-0.4, -0.2) is 30.3 Å². The molecule has 0 unspecified atom stereocenters. The number of hydrogen-bond acceptors (Lipinski definition) is 3. The summed E-state index contributed by atoms with van der Waals surface area (Å²) in [6, 6.07) is 2.46. The minimum Gasteiger partial charge on any atom is -0.417 e. The number of allylic oxidation sites excluding steroid dienone is 1. The third kappa shape index (κ3) is 4.97. The summed E-state index contributed by atoms with van der Waals surface area (Å²) >= 11 is 0. The van der Waals surface area contributed by atoms with Crippen LogP contribution in [0.1, 0.15) is 12.0 Å². The minimum atomic E-state index is -2.95. The largest absolute Gasteiger partial charge is 0.417 e. The molecule has 0 spiro atoms. The van der Waals surface area contributed by atoms with E-state index in [2.05, 4.69) is 20.4 Å². The van der Waals surface area contributed by atoms with Crippen molar-refractivity contribution in [3.8, 4) is 5.88 Å². The van der Waals surface area contributed by atoms with Crippen molar-refractivity contribution in [2.75, 3.05) is 6.54 Å². The van der Waals surface area contributed by atoms with E-state index in [1.54, 1.807) is 6.07 Å². The molecule has 114 valence electrons. The number of amides is 2. The van der Waals surface area contributed by atoms with Gasteiger partial charge in [-0.25, -0.2) is 14.2 Å². The number of urea groups is 1. The molecule has 1 aromatic heterocycles. The molecule has 5 nitrogen and oxygen atoms in total. The highest BCUT2D eigenvalue weighted by molar-refractivity contribution is 5.74. The number of halogens is 3. The number of aromatic nitrogens is 1. The van der Waals surface area contributed by atoms with Gasteiger partial charge in [-0.3, -0.25) is 0 Å². The summed E-state index contributed by atoms with van der Waals surface area (Å²) in [5.74, 6) is -0.210. The van der Waals surface area contributed by atoms with Gasteiger partial charge < -0.3 is 15.4 Å². The Kier molecular flexibility index (Phi) is 5.02. The minimum absolute atomic E-state index is 0.138. The molecule has 8 heteroatoms. The summed E-state index contributed by atoms with van der Waals surface area (Å²) in [5.41, 5.74) is 1.41. The Morgan fingerprint density at radius 3 is 2.81 bits per heavy atom. The van der Waals surface area contributed by atoms with Crippen LogP contribution in [0.15, 0.2) is 30.0 Å². The zero-order valence-electron chi connectivity index (χ0n) is 11.0. The standard InChI is InChI=1S/C13H14F3N3O2/c14-10-3-9(4-10)7-19-13(20)18-6-8-1-2-17-11(5-8)21-12(15)16/h1-3,5,10,12H,4,6-7H2,(H2,18,19,20)/t10-/m0/s1. The number of carbonyl (C=O) groups excluding carboxylic acids is 1. The molecule has 1 aromatic rings. The molecule has 2 amide bonds. The van der Waals surface area contributed by atoms with E-state index in [1.165, 1.54) is 18.3 Å². The van der Waals surface area contributed by atoms with Crippen LogP contribution in [0.3, 0.4) is 0 Å². The SMILES string of the molecule is O=C(NCC1=C[C@H](F)C1)NCc1ccnc(OC(F)F)c1. The van der Waals surface area contributed by atoms with E-state index in [1.807, 2.05) is 0 Å². The molecule has 2 rings (SSSR count). The Hall–Kier alpha value is -2.25. The van der Waals surface area contributed by atoms with E-state index in [9.17, 15) is 18.0 Å². The first kappa shape index (κ1) is 15.1. The van der Waals surface area contributed by atoms with Gasteiger partial charge in [-0.1, -0.05) is 0 Å². The van der Waals surface area contributed by atoms with Crippen LogP contribution >= 0.6 is 0 Å². The molecule has 21 heavy (non-hydrogen) atoms. The number of ether oxygens (including phenoxy) is 1. The van der Waals surface area contributed by atoms with Gasteiger partial charge in [0.2, 0.25) is 5.88 Å². The summed E-state index contributed by atoms with van der Waals surface area (Å²) in [4.78, 5) is 15.1. The third-order valence-electron chi connectivity index (χ3n) is 2.81. The second kappa shape index (κ2) is 6.96. The molecule has 2 N–H and O–H groups in total. The summed E-state index contributed by atoms with van der Waals surface area (Å²) < 4.78 is 40.7. The molecular formula is C13H14F3N3O2. The van der Waals surface area contributed by atoms with Gasteiger partial charge in [-0.15, -0.1) is 0 Å². The highest BCUT2D eigenvalue weighted by atomic mass is 19.3. The second-order valence-corrected chi connectivity index (χ2v) is 4.46. The van der Waals surface area contributed by atoms with E-state index in [4.69, 9.17) is 0 Å². The van der Waals surface area contributed by atoms with E-state index in [0.29, 0.717) is 18.5 Å². The number of hydrogen-bond donors (Lipinski definition) is 2. The third-order valence-corrected chi connectivity index (χ3v) is 2.81. The first-order valence-electron chi connectivity index (χ1n) is 6.28. The molecule has 1 heterocycles. The number of nitrogens with one attached hydrogen (secondary N) is 2. The molecule has 1 aliphatic carbocycles. The Morgan fingerprint density at radius 2 is 2.14 bits per heavy atom. The Balaban J connectivity index is 1.74. The van der Waals surface area contributed by atoms with Gasteiger partial charge in [0.1, 0.15) is 6.17 Å². The van der Waals surface area contributed by atoms with Crippen LogP contribution in [0, 0.1) is 0 Å². The van der Waals surface area contributed by atoms with Gasteiger partial charge in [0.05, 0.1) is 0 Å². The van der Waals surface area contributed by atoms with E-state index < -0.39 is 18.8 Å². The zero-order valence-corrected chi connectivity index (χ0v) is 11.0. The van der Waals surface area contributed by atoms with Crippen molar-refractivity contribution in [3.63, 3.8) is 0 Å². The average Bonchev–Trinajstić information content (AvgIpc) is 2.40. The molecular weight excluding hydrogens is 287 g/mol. The first-order valence-corrected chi connectivity index (χ1v) is 6.28. The highest BCUT2D eigenvalue weighted by Crippen LogP contribution is 2.20. The van der Waals surface area contributed by atoms with Crippen molar-refractivity contribution in [2.45, 2.75) is 25.7 Å². The summed E-state index contributed by atoms with van der Waals surface area (Å²) in [6.07, 6.45) is 2.21. The van der Waals surface area contributed by atoms with Gasteiger partial charge >= 0.3 is 12.6 Å². The lowest BCUT2D eigenvalue weighted by Crippen LogP contribution is -2.37. The zero-order chi connectivity index (χ0) is 15.2. The maximum atomic E-state index is 12.5. The molecule has 0 bridgehead atoms. The fourth-order valence-electron chi connectivity index (χ4n) is 1.76. The van der Waals surface area contributed by atoms with Crippen molar-refractivity contribution >= 4 is 6.03 Å². The monoisotopic (exact) mass is 301 g/mol. The maximum Gasteiger partial charge on any atom is 0.388 e. The molecule has 0 radical (unpaired) electrons. The normalized spacial score (nSPS) is 17.0. The molecule has 0 saturated carbocycles. The van der Waals surface area contributed by atoms with Crippen LogP contribution in [0.4, 0.5) is 18.0 Å². The number of rotatable bonds is 6. The van der Waals surface area contributed by atoms with Crippen LogP contribution in [-0.2, 0) is 6.54 Å². The van der Waals surface area contributed by atoms with Crippen molar-refractivity contribution in [3.05, 3.63) is 35.5 Å². The lowest BCUT2D eigenvalue weighted by atomic mass is 9.97. The molecule has 1 atom stereocenters. The maximum absolute atomic E-state index is 12.5. The van der Waals surface area contributed by atoms with Crippen molar-refractivity contribution in [1.82, 2.24) is 15.6 Å². The van der Waals surface area contributed by atoms with Gasteiger partial charge in [-0.2, -0.15) is 8.78 Å². The predicted octanol–water partition coefficient (Wildman–Crippen LogP) is 2.15. The van der Waals surface area contributed by atoms with E-state index in [0.717, 1.165) is 5.57 Å². The van der Waals surface area contributed by atoms with Crippen molar-refractivity contribution in [1.29, 1.82) is 0 Å². The van der Waals surface area contributed by atoms with Gasteiger partial charge in [0, 0.05) is 31.8 Å². The lowest BCUT2D eigenvalue weighted by Gasteiger charge is -2.19. The van der Waals surface area contributed by atoms with E-state index >= 15 is 0 Å². The average molecular weight is 301 g/mol. The predicted molar refractivity (Wildman–Crippen MR) is 68.7 cm³/mol. The van der Waals surface area contributed by atoms with Gasteiger partial charge in [0.15, 0.2) is 0 Å².